The molecule has 2 atom stereocenters. The standard InChI is InChI=1S/C14H19BrFNO3S/c1-4-20-13-8-12(14(13,2)3)17-21(18,19)11-6-5-9(15)7-10(11)16/h5-7,12-13,17H,4,8H2,1-3H3. The number of halogens is 2. The van der Waals surface area contributed by atoms with Crippen molar-refractivity contribution in [1.82, 2.24) is 4.72 Å². The minimum absolute atomic E-state index is 0.0185. The van der Waals surface area contributed by atoms with Crippen LogP contribution in [0.15, 0.2) is 27.6 Å². The van der Waals surface area contributed by atoms with Gasteiger partial charge in [-0.2, -0.15) is 0 Å². The zero-order valence-electron chi connectivity index (χ0n) is 12.2. The Labute approximate surface area is 133 Å². The smallest absolute Gasteiger partial charge is 0.243 e. The van der Waals surface area contributed by atoms with E-state index in [2.05, 4.69) is 20.7 Å². The van der Waals surface area contributed by atoms with Crippen LogP contribution in [0.4, 0.5) is 4.39 Å². The molecule has 1 aliphatic carbocycles. The molecule has 0 amide bonds. The van der Waals surface area contributed by atoms with Gasteiger partial charge in [-0.3, -0.25) is 0 Å². The Morgan fingerprint density at radius 3 is 2.67 bits per heavy atom. The highest BCUT2D eigenvalue weighted by atomic mass is 79.9. The first-order valence-electron chi connectivity index (χ1n) is 6.77. The number of nitrogens with one attached hydrogen (secondary N) is 1. The molecule has 1 N–H and O–H groups in total. The van der Waals surface area contributed by atoms with Crippen molar-refractivity contribution >= 4 is 26.0 Å². The minimum Gasteiger partial charge on any atom is -0.378 e. The summed E-state index contributed by atoms with van der Waals surface area (Å²) < 4.78 is 47.1. The summed E-state index contributed by atoms with van der Waals surface area (Å²) in [5.41, 5.74) is -0.311. The van der Waals surface area contributed by atoms with Gasteiger partial charge in [0, 0.05) is 22.5 Å². The lowest BCUT2D eigenvalue weighted by atomic mass is 9.65. The summed E-state index contributed by atoms with van der Waals surface area (Å²) in [6.45, 7) is 6.39. The lowest BCUT2D eigenvalue weighted by Crippen LogP contribution is -2.61. The quantitative estimate of drug-likeness (QED) is 0.854. The predicted molar refractivity (Wildman–Crippen MR) is 82.0 cm³/mol. The van der Waals surface area contributed by atoms with E-state index in [-0.39, 0.29) is 22.5 Å². The van der Waals surface area contributed by atoms with Crippen LogP contribution in [-0.4, -0.2) is 27.2 Å². The molecule has 0 saturated heterocycles. The number of hydrogen-bond acceptors (Lipinski definition) is 3. The third-order valence-electron chi connectivity index (χ3n) is 4.03. The molecule has 118 valence electrons. The molecule has 21 heavy (non-hydrogen) atoms. The molecule has 1 aliphatic rings. The highest BCUT2D eigenvalue weighted by molar-refractivity contribution is 9.10. The van der Waals surface area contributed by atoms with Crippen molar-refractivity contribution in [3.05, 3.63) is 28.5 Å². The average molecular weight is 380 g/mol. The van der Waals surface area contributed by atoms with Gasteiger partial charge in [0.05, 0.1) is 6.10 Å². The topological polar surface area (TPSA) is 55.4 Å². The fourth-order valence-electron chi connectivity index (χ4n) is 2.51. The number of hydrogen-bond donors (Lipinski definition) is 1. The van der Waals surface area contributed by atoms with Crippen LogP contribution >= 0.6 is 15.9 Å². The molecule has 1 aromatic carbocycles. The van der Waals surface area contributed by atoms with Gasteiger partial charge in [-0.05, 0) is 31.5 Å². The Morgan fingerprint density at radius 1 is 1.48 bits per heavy atom. The van der Waals surface area contributed by atoms with Crippen molar-refractivity contribution in [2.24, 2.45) is 5.41 Å². The average Bonchev–Trinajstić information content (AvgIpc) is 2.37. The first-order chi connectivity index (χ1) is 9.68. The van der Waals surface area contributed by atoms with Gasteiger partial charge in [-0.1, -0.05) is 29.8 Å². The second-order valence-electron chi connectivity index (χ2n) is 5.75. The van der Waals surface area contributed by atoms with Gasteiger partial charge in [0.15, 0.2) is 0 Å². The molecular formula is C14H19BrFNO3S. The Bertz CT molecular complexity index is 633. The summed E-state index contributed by atoms with van der Waals surface area (Å²) in [6, 6.07) is 3.64. The summed E-state index contributed by atoms with van der Waals surface area (Å²) in [5, 5.41) is 0. The Hall–Kier alpha value is -0.500. The number of rotatable bonds is 5. The van der Waals surface area contributed by atoms with Crippen LogP contribution in [0, 0.1) is 11.2 Å². The summed E-state index contributed by atoms with van der Waals surface area (Å²) in [4.78, 5) is -0.332. The lowest BCUT2D eigenvalue weighted by molar-refractivity contribution is -0.108. The largest absolute Gasteiger partial charge is 0.378 e. The molecule has 4 nitrogen and oxygen atoms in total. The van der Waals surface area contributed by atoms with E-state index in [0.29, 0.717) is 17.5 Å². The molecule has 1 aromatic rings. The highest BCUT2D eigenvalue weighted by Gasteiger charge is 2.50. The molecule has 1 fully saturated rings. The van der Waals surface area contributed by atoms with Gasteiger partial charge >= 0.3 is 0 Å². The maximum Gasteiger partial charge on any atom is 0.243 e. The normalized spacial score (nSPS) is 24.6. The Balaban J connectivity index is 2.16. The van der Waals surface area contributed by atoms with Crippen LogP contribution in [0.25, 0.3) is 0 Å². The van der Waals surface area contributed by atoms with E-state index < -0.39 is 15.8 Å². The summed E-state index contributed by atoms with van der Waals surface area (Å²) in [5.74, 6) is -0.768. The van der Waals surface area contributed by atoms with Gasteiger partial charge in [0.2, 0.25) is 10.0 Å². The number of benzene rings is 1. The van der Waals surface area contributed by atoms with Crippen LogP contribution in [-0.2, 0) is 14.8 Å². The zero-order chi connectivity index (χ0) is 15.8. The van der Waals surface area contributed by atoms with E-state index in [0.717, 1.165) is 6.07 Å². The van der Waals surface area contributed by atoms with Gasteiger partial charge in [0.1, 0.15) is 10.7 Å². The van der Waals surface area contributed by atoms with Crippen molar-refractivity contribution in [1.29, 1.82) is 0 Å². The second kappa shape index (κ2) is 5.95. The van der Waals surface area contributed by atoms with Crippen molar-refractivity contribution in [3.8, 4) is 0 Å². The van der Waals surface area contributed by atoms with E-state index in [4.69, 9.17) is 4.74 Å². The van der Waals surface area contributed by atoms with Gasteiger partial charge in [-0.15, -0.1) is 0 Å². The van der Waals surface area contributed by atoms with Gasteiger partial charge in [0.25, 0.3) is 0 Å². The highest BCUT2D eigenvalue weighted by Crippen LogP contribution is 2.43. The van der Waals surface area contributed by atoms with E-state index in [1.54, 1.807) is 0 Å². The molecule has 7 heteroatoms. The maximum absolute atomic E-state index is 13.8. The molecule has 0 aliphatic heterocycles. The molecule has 1 saturated carbocycles. The number of sulfonamides is 1. The van der Waals surface area contributed by atoms with Crippen LogP contribution in [0.2, 0.25) is 0 Å². The SMILES string of the molecule is CCOC1CC(NS(=O)(=O)c2ccc(Br)cc2F)C1(C)C. The van der Waals surface area contributed by atoms with Crippen LogP contribution in [0.5, 0.6) is 0 Å². The third kappa shape index (κ3) is 3.31. The molecule has 0 heterocycles. The molecule has 0 spiro atoms. The molecule has 0 aromatic heterocycles. The first kappa shape index (κ1) is 16.9. The molecule has 0 bridgehead atoms. The fraction of sp³-hybridized carbons (Fsp3) is 0.571. The molecule has 2 unspecified atom stereocenters. The van der Waals surface area contributed by atoms with Crippen LogP contribution in [0.1, 0.15) is 27.2 Å². The summed E-state index contributed by atoms with van der Waals surface area (Å²) in [6.07, 6.45) is 0.614. The van der Waals surface area contributed by atoms with Gasteiger partial charge in [-0.25, -0.2) is 17.5 Å². The number of ether oxygens (including phenoxy) is 1. The zero-order valence-corrected chi connectivity index (χ0v) is 14.6. The summed E-state index contributed by atoms with van der Waals surface area (Å²) >= 11 is 3.11. The fourth-order valence-corrected chi connectivity index (χ4v) is 4.31. The minimum atomic E-state index is -3.88. The molecular weight excluding hydrogens is 361 g/mol. The van der Waals surface area contributed by atoms with E-state index in [9.17, 15) is 12.8 Å². The van der Waals surface area contributed by atoms with Crippen molar-refractivity contribution in [2.45, 2.75) is 44.2 Å². The first-order valence-corrected chi connectivity index (χ1v) is 9.05. The van der Waals surface area contributed by atoms with Gasteiger partial charge < -0.3 is 4.74 Å². The second-order valence-corrected chi connectivity index (χ2v) is 8.35. The predicted octanol–water partition coefficient (Wildman–Crippen LogP) is 3.07. The lowest BCUT2D eigenvalue weighted by Gasteiger charge is -2.51. The monoisotopic (exact) mass is 379 g/mol. The third-order valence-corrected chi connectivity index (χ3v) is 6.02. The van der Waals surface area contributed by atoms with E-state index in [1.807, 2.05) is 20.8 Å². The maximum atomic E-state index is 13.8. The molecule has 0 radical (unpaired) electrons. The van der Waals surface area contributed by atoms with Crippen molar-refractivity contribution in [3.63, 3.8) is 0 Å². The Morgan fingerprint density at radius 2 is 2.14 bits per heavy atom. The Kier molecular flexibility index (Phi) is 4.78. The van der Waals surface area contributed by atoms with E-state index >= 15 is 0 Å². The van der Waals surface area contributed by atoms with Crippen molar-refractivity contribution in [2.75, 3.05) is 6.61 Å². The molecule has 2 rings (SSSR count). The van der Waals surface area contributed by atoms with Crippen LogP contribution in [0.3, 0.4) is 0 Å². The summed E-state index contributed by atoms with van der Waals surface area (Å²) in [7, 11) is -3.88. The van der Waals surface area contributed by atoms with Crippen molar-refractivity contribution < 1.29 is 17.5 Å². The van der Waals surface area contributed by atoms with Crippen LogP contribution < -0.4 is 4.72 Å². The van der Waals surface area contributed by atoms with E-state index in [1.165, 1.54) is 12.1 Å².